The summed E-state index contributed by atoms with van der Waals surface area (Å²) in [5.74, 6) is 0.952. The molecule has 1 aromatic carbocycles. The van der Waals surface area contributed by atoms with Crippen LogP contribution in [-0.4, -0.2) is 27.5 Å². The van der Waals surface area contributed by atoms with E-state index < -0.39 is 0 Å². The van der Waals surface area contributed by atoms with Gasteiger partial charge in [-0.3, -0.25) is 0 Å². The Labute approximate surface area is 160 Å². The van der Waals surface area contributed by atoms with E-state index >= 15 is 0 Å². The smallest absolute Gasteiger partial charge is 0.119 e. The van der Waals surface area contributed by atoms with Crippen LogP contribution in [0.25, 0.3) is 0 Å². The van der Waals surface area contributed by atoms with Crippen LogP contribution in [0, 0.1) is 0 Å². The number of hydrogen-bond donors (Lipinski definition) is 1. The Balaban J connectivity index is 2.37. The lowest BCUT2D eigenvalue weighted by Crippen LogP contribution is -2.65. The molecule has 0 radical (unpaired) electrons. The predicted octanol–water partition coefficient (Wildman–Crippen LogP) is 6.60. The van der Waals surface area contributed by atoms with Crippen LogP contribution in [0.2, 0.25) is 0 Å². The molecular formula is C23H39NO2. The van der Waals surface area contributed by atoms with Crippen LogP contribution in [-0.2, 0) is 0 Å². The van der Waals surface area contributed by atoms with Crippen molar-refractivity contribution < 1.29 is 9.94 Å². The number of nitrogens with zero attached hydrogens (tertiary/aromatic N) is 1. The van der Waals surface area contributed by atoms with Crippen molar-refractivity contribution in [3.8, 4) is 5.75 Å². The average molecular weight is 362 g/mol. The first-order valence-electron chi connectivity index (χ1n) is 10.8. The summed E-state index contributed by atoms with van der Waals surface area (Å²) in [6.45, 7) is 8.92. The molecule has 1 aliphatic heterocycles. The fourth-order valence-electron chi connectivity index (χ4n) is 5.31. The minimum absolute atomic E-state index is 0.161. The minimum atomic E-state index is -0.161. The maximum atomic E-state index is 11.5. The molecule has 0 saturated carbocycles. The van der Waals surface area contributed by atoms with Crippen molar-refractivity contribution in [3.63, 3.8) is 0 Å². The monoisotopic (exact) mass is 361 g/mol. The van der Waals surface area contributed by atoms with E-state index in [4.69, 9.17) is 4.74 Å². The molecular weight excluding hydrogens is 322 g/mol. The molecule has 1 saturated heterocycles. The highest BCUT2D eigenvalue weighted by molar-refractivity contribution is 5.22. The van der Waals surface area contributed by atoms with Crippen LogP contribution in [0.3, 0.4) is 0 Å². The first-order valence-corrected chi connectivity index (χ1v) is 10.8. The predicted molar refractivity (Wildman–Crippen MR) is 109 cm³/mol. The number of hydroxylamine groups is 2. The van der Waals surface area contributed by atoms with Crippen molar-refractivity contribution in [3.05, 3.63) is 30.3 Å². The molecule has 3 nitrogen and oxygen atoms in total. The van der Waals surface area contributed by atoms with E-state index in [1.54, 1.807) is 0 Å². The first-order chi connectivity index (χ1) is 12.6. The molecule has 0 spiro atoms. The number of benzene rings is 1. The van der Waals surface area contributed by atoms with Crippen molar-refractivity contribution in [2.24, 2.45) is 0 Å². The molecule has 1 aromatic rings. The molecule has 0 bridgehead atoms. The number of piperidine rings is 1. The van der Waals surface area contributed by atoms with Crippen LogP contribution < -0.4 is 4.74 Å². The number of rotatable bonds is 10. The summed E-state index contributed by atoms with van der Waals surface area (Å²) < 4.78 is 6.46. The summed E-state index contributed by atoms with van der Waals surface area (Å²) in [5.41, 5.74) is -0.322. The summed E-state index contributed by atoms with van der Waals surface area (Å²) >= 11 is 0. The second-order valence-corrected chi connectivity index (χ2v) is 8.22. The van der Waals surface area contributed by atoms with E-state index in [0.29, 0.717) is 0 Å². The number of hydrogen-bond acceptors (Lipinski definition) is 3. The lowest BCUT2D eigenvalue weighted by molar-refractivity contribution is -0.283. The van der Waals surface area contributed by atoms with Crippen molar-refractivity contribution >= 4 is 0 Å². The van der Waals surface area contributed by atoms with Crippen molar-refractivity contribution in [1.82, 2.24) is 5.06 Å². The normalized spacial score (nSPS) is 20.2. The number of para-hydroxylation sites is 1. The van der Waals surface area contributed by atoms with Gasteiger partial charge in [-0.05, 0) is 37.8 Å². The Morgan fingerprint density at radius 1 is 0.846 bits per heavy atom. The van der Waals surface area contributed by atoms with E-state index in [2.05, 4.69) is 27.7 Å². The molecule has 1 aliphatic rings. The molecule has 0 aromatic heterocycles. The van der Waals surface area contributed by atoms with Crippen LogP contribution in [0.1, 0.15) is 91.9 Å². The molecule has 0 atom stereocenters. The minimum Gasteiger partial charge on any atom is -0.490 e. The van der Waals surface area contributed by atoms with Crippen molar-refractivity contribution in [2.45, 2.75) is 109 Å². The summed E-state index contributed by atoms with van der Waals surface area (Å²) in [6, 6.07) is 10.2. The fourth-order valence-corrected chi connectivity index (χ4v) is 5.31. The van der Waals surface area contributed by atoms with Gasteiger partial charge in [0.1, 0.15) is 11.9 Å². The van der Waals surface area contributed by atoms with Crippen LogP contribution in [0.5, 0.6) is 5.75 Å². The van der Waals surface area contributed by atoms with Gasteiger partial charge in [0, 0.05) is 12.8 Å². The molecule has 1 fully saturated rings. The van der Waals surface area contributed by atoms with Gasteiger partial charge in [0.25, 0.3) is 0 Å². The van der Waals surface area contributed by atoms with Gasteiger partial charge in [0.05, 0.1) is 11.1 Å². The third-order valence-electron chi connectivity index (χ3n) is 6.02. The van der Waals surface area contributed by atoms with Crippen LogP contribution in [0.15, 0.2) is 30.3 Å². The highest BCUT2D eigenvalue weighted by Crippen LogP contribution is 2.47. The Morgan fingerprint density at radius 3 is 1.65 bits per heavy atom. The van der Waals surface area contributed by atoms with E-state index in [1.165, 1.54) is 0 Å². The first kappa shape index (κ1) is 21.2. The maximum Gasteiger partial charge on any atom is 0.119 e. The van der Waals surface area contributed by atoms with Crippen molar-refractivity contribution in [1.29, 1.82) is 0 Å². The van der Waals surface area contributed by atoms with Crippen LogP contribution in [0.4, 0.5) is 0 Å². The maximum absolute atomic E-state index is 11.5. The molecule has 26 heavy (non-hydrogen) atoms. The average Bonchev–Trinajstić information content (AvgIpc) is 2.61. The Bertz CT molecular complexity index is 478. The largest absolute Gasteiger partial charge is 0.490 e. The zero-order valence-corrected chi connectivity index (χ0v) is 17.3. The Hall–Kier alpha value is -1.06. The molecule has 0 aliphatic carbocycles. The molecule has 1 heterocycles. The SMILES string of the molecule is CCCC1(CCC)CC(Oc2ccccc2)CC(CCC)(CCC)N1O. The second-order valence-electron chi connectivity index (χ2n) is 8.22. The fraction of sp³-hybridized carbons (Fsp3) is 0.739. The molecule has 1 N–H and O–H groups in total. The van der Waals surface area contributed by atoms with Crippen LogP contribution >= 0.6 is 0 Å². The van der Waals surface area contributed by atoms with Gasteiger partial charge in [-0.15, -0.1) is 0 Å². The highest BCUT2D eigenvalue weighted by Gasteiger charge is 2.53. The van der Waals surface area contributed by atoms with E-state index in [1.807, 2.05) is 35.4 Å². The van der Waals surface area contributed by atoms with E-state index in [9.17, 15) is 5.21 Å². The summed E-state index contributed by atoms with van der Waals surface area (Å²) in [7, 11) is 0. The molecule has 0 unspecified atom stereocenters. The Kier molecular flexibility index (Phi) is 7.97. The zero-order chi connectivity index (χ0) is 19.0. The second kappa shape index (κ2) is 9.75. The van der Waals surface area contributed by atoms with Gasteiger partial charge >= 0.3 is 0 Å². The summed E-state index contributed by atoms with van der Waals surface area (Å²) in [5, 5.41) is 13.3. The number of ether oxygens (including phenoxy) is 1. The topological polar surface area (TPSA) is 32.7 Å². The lowest BCUT2D eigenvalue weighted by Gasteiger charge is -2.57. The standard InChI is InChI=1S/C23H39NO2/c1-5-14-22(15-6-2)18-21(26-20-12-10-9-11-13-20)19-23(16-7-3,17-8-4)24(22)25/h9-13,21,25H,5-8,14-19H2,1-4H3. The van der Waals surface area contributed by atoms with Gasteiger partial charge in [0.2, 0.25) is 0 Å². The third kappa shape index (κ3) is 4.61. The quantitative estimate of drug-likeness (QED) is 0.510. The highest BCUT2D eigenvalue weighted by atomic mass is 16.5. The summed E-state index contributed by atoms with van der Waals surface area (Å²) in [6.07, 6.45) is 10.5. The van der Waals surface area contributed by atoms with Gasteiger partial charge in [-0.1, -0.05) is 71.6 Å². The molecule has 148 valence electrons. The van der Waals surface area contributed by atoms with Gasteiger partial charge in [-0.25, -0.2) is 0 Å². The summed E-state index contributed by atoms with van der Waals surface area (Å²) in [4.78, 5) is 0. The molecule has 3 heteroatoms. The lowest BCUT2D eigenvalue weighted by atomic mass is 9.69. The van der Waals surface area contributed by atoms with E-state index in [-0.39, 0.29) is 17.2 Å². The van der Waals surface area contributed by atoms with Crippen molar-refractivity contribution in [2.75, 3.05) is 0 Å². The van der Waals surface area contributed by atoms with E-state index in [0.717, 1.165) is 70.0 Å². The Morgan fingerprint density at radius 2 is 1.27 bits per heavy atom. The van der Waals surface area contributed by atoms with Gasteiger partial charge in [-0.2, -0.15) is 5.06 Å². The van der Waals surface area contributed by atoms with Gasteiger partial charge < -0.3 is 9.94 Å². The third-order valence-corrected chi connectivity index (χ3v) is 6.02. The molecule has 0 amide bonds. The van der Waals surface area contributed by atoms with Gasteiger partial charge in [0.15, 0.2) is 0 Å². The zero-order valence-electron chi connectivity index (χ0n) is 17.3. The molecule has 2 rings (SSSR count).